The molecule has 2 aliphatic rings. The van der Waals surface area contributed by atoms with Gasteiger partial charge in [-0.1, -0.05) is 18.2 Å². The van der Waals surface area contributed by atoms with E-state index in [2.05, 4.69) is 4.98 Å². The second kappa shape index (κ2) is 7.65. The fraction of sp³-hybridized carbons (Fsp3) is 0.429. The van der Waals surface area contributed by atoms with E-state index < -0.39 is 17.6 Å². The number of carbonyl (C=O) groups is 1. The minimum absolute atomic E-state index is 0.0590. The van der Waals surface area contributed by atoms with Gasteiger partial charge < -0.3 is 9.80 Å². The number of carbonyl (C=O) groups excluding carboxylic acids is 1. The Bertz CT molecular complexity index is 907. The summed E-state index contributed by atoms with van der Waals surface area (Å²) in [5, 5.41) is 0. The number of nitrogens with zero attached hydrogens (tertiary/aromatic N) is 3. The zero-order valence-electron chi connectivity index (χ0n) is 15.8. The highest BCUT2D eigenvalue weighted by Crippen LogP contribution is 2.33. The molecule has 0 unspecified atom stereocenters. The highest BCUT2D eigenvalue weighted by molar-refractivity contribution is 5.95. The Morgan fingerprint density at radius 2 is 1.86 bits per heavy atom. The molecule has 1 amide bonds. The van der Waals surface area contributed by atoms with Crippen LogP contribution < -0.4 is 9.80 Å². The summed E-state index contributed by atoms with van der Waals surface area (Å²) in [5.74, 6) is -0.768. The van der Waals surface area contributed by atoms with Crippen LogP contribution in [0.5, 0.6) is 0 Å². The normalized spacial score (nSPS) is 17.5. The smallest absolute Gasteiger partial charge is 0.354 e. The Hall–Kier alpha value is -2.64. The van der Waals surface area contributed by atoms with Crippen molar-refractivity contribution in [3.8, 4) is 0 Å². The molecule has 1 aromatic heterocycles. The van der Waals surface area contributed by atoms with Gasteiger partial charge in [-0.25, -0.2) is 9.37 Å². The Morgan fingerprint density at radius 3 is 2.55 bits per heavy atom. The third-order valence-electron chi connectivity index (χ3n) is 5.71. The van der Waals surface area contributed by atoms with Crippen LogP contribution in [0.2, 0.25) is 0 Å². The third-order valence-corrected chi connectivity index (χ3v) is 5.71. The first-order valence-corrected chi connectivity index (χ1v) is 9.69. The van der Waals surface area contributed by atoms with Crippen LogP contribution in [0, 0.1) is 11.7 Å². The molecule has 0 spiro atoms. The highest BCUT2D eigenvalue weighted by atomic mass is 19.4. The number of amides is 1. The second-order valence-electron chi connectivity index (χ2n) is 7.59. The lowest BCUT2D eigenvalue weighted by Crippen LogP contribution is -2.37. The van der Waals surface area contributed by atoms with Crippen molar-refractivity contribution in [3.63, 3.8) is 0 Å². The minimum Gasteiger partial charge on any atom is -0.354 e. The van der Waals surface area contributed by atoms with Gasteiger partial charge in [0, 0.05) is 37.9 Å². The van der Waals surface area contributed by atoms with Gasteiger partial charge in [0.05, 0.1) is 5.56 Å². The highest BCUT2D eigenvalue weighted by Gasteiger charge is 2.33. The van der Waals surface area contributed by atoms with Gasteiger partial charge in [0.1, 0.15) is 0 Å². The zero-order valence-corrected chi connectivity index (χ0v) is 15.8. The molecule has 4 nitrogen and oxygen atoms in total. The molecule has 4 rings (SSSR count). The SMILES string of the molecule is O=C(CC1CCN(c2ncc(C(F)(F)F)cc2F)CC1)N1CCc2ccccc21. The van der Waals surface area contributed by atoms with Gasteiger partial charge in [-0.15, -0.1) is 0 Å². The van der Waals surface area contributed by atoms with Gasteiger partial charge in [-0.2, -0.15) is 13.2 Å². The number of hydrogen-bond acceptors (Lipinski definition) is 3. The van der Waals surface area contributed by atoms with E-state index in [1.165, 1.54) is 5.56 Å². The molecule has 2 aliphatic heterocycles. The van der Waals surface area contributed by atoms with Crippen molar-refractivity contribution in [2.75, 3.05) is 29.4 Å². The maximum atomic E-state index is 14.2. The van der Waals surface area contributed by atoms with Crippen molar-refractivity contribution in [3.05, 3.63) is 53.5 Å². The summed E-state index contributed by atoms with van der Waals surface area (Å²) in [6, 6.07) is 8.38. The molecule has 1 fully saturated rings. The quantitative estimate of drug-likeness (QED) is 0.706. The van der Waals surface area contributed by atoms with E-state index in [1.54, 1.807) is 4.90 Å². The minimum atomic E-state index is -4.62. The number of piperidine rings is 1. The average Bonchev–Trinajstić information content (AvgIpc) is 3.12. The predicted molar refractivity (Wildman–Crippen MR) is 101 cm³/mol. The molecule has 0 N–H and O–H groups in total. The Balaban J connectivity index is 1.35. The number of aromatic nitrogens is 1. The molecule has 0 bridgehead atoms. The Morgan fingerprint density at radius 1 is 1.14 bits per heavy atom. The second-order valence-corrected chi connectivity index (χ2v) is 7.59. The van der Waals surface area contributed by atoms with Gasteiger partial charge in [0.2, 0.25) is 5.91 Å². The summed E-state index contributed by atoms with van der Waals surface area (Å²) in [5.41, 5.74) is 1.07. The van der Waals surface area contributed by atoms with Gasteiger partial charge >= 0.3 is 6.18 Å². The average molecular weight is 407 g/mol. The fourth-order valence-electron chi connectivity index (χ4n) is 4.12. The maximum absolute atomic E-state index is 14.2. The van der Waals surface area contributed by atoms with E-state index in [4.69, 9.17) is 0 Å². The molecule has 1 saturated heterocycles. The van der Waals surface area contributed by atoms with Gasteiger partial charge in [-0.05, 0) is 42.9 Å². The summed E-state index contributed by atoms with van der Waals surface area (Å²) in [7, 11) is 0. The summed E-state index contributed by atoms with van der Waals surface area (Å²) < 4.78 is 52.2. The third kappa shape index (κ3) is 4.06. The van der Waals surface area contributed by atoms with E-state index >= 15 is 0 Å². The number of rotatable bonds is 3. The molecular formula is C21H21F4N3O. The van der Waals surface area contributed by atoms with Gasteiger partial charge in [-0.3, -0.25) is 4.79 Å². The van der Waals surface area contributed by atoms with Crippen LogP contribution >= 0.6 is 0 Å². The zero-order chi connectivity index (χ0) is 20.6. The topological polar surface area (TPSA) is 36.4 Å². The molecule has 8 heteroatoms. The first-order chi connectivity index (χ1) is 13.8. The lowest BCUT2D eigenvalue weighted by Gasteiger charge is -2.33. The molecule has 154 valence electrons. The summed E-state index contributed by atoms with van der Waals surface area (Å²) in [4.78, 5) is 19.9. The van der Waals surface area contributed by atoms with Crippen LogP contribution in [0.1, 0.15) is 30.4 Å². The standard InChI is InChI=1S/C21H21F4N3O/c22-17-12-16(21(23,24)25)13-26-20(17)27-8-5-14(6-9-27)11-19(29)28-10-7-15-3-1-2-4-18(15)28/h1-4,12-14H,5-11H2. The van der Waals surface area contributed by atoms with Crippen LogP contribution in [0.4, 0.5) is 29.1 Å². The van der Waals surface area contributed by atoms with Crippen molar-refractivity contribution in [1.82, 2.24) is 4.98 Å². The number of alkyl halides is 3. The first-order valence-electron chi connectivity index (χ1n) is 9.69. The van der Waals surface area contributed by atoms with Crippen LogP contribution in [0.3, 0.4) is 0 Å². The summed E-state index contributed by atoms with van der Waals surface area (Å²) >= 11 is 0. The molecule has 0 radical (unpaired) electrons. The van der Waals surface area contributed by atoms with Crippen LogP contribution in [0.25, 0.3) is 0 Å². The molecule has 0 aliphatic carbocycles. The monoisotopic (exact) mass is 407 g/mol. The molecule has 1 aromatic carbocycles. The Kier molecular flexibility index (Phi) is 5.19. The number of para-hydroxylation sites is 1. The lowest BCUT2D eigenvalue weighted by molar-refractivity contribution is -0.138. The van der Waals surface area contributed by atoms with Crippen molar-refractivity contribution < 1.29 is 22.4 Å². The Labute approximate surface area is 166 Å². The number of pyridine rings is 1. The van der Waals surface area contributed by atoms with Crippen molar-refractivity contribution in [2.24, 2.45) is 5.92 Å². The van der Waals surface area contributed by atoms with Crippen LogP contribution in [0.15, 0.2) is 36.5 Å². The van der Waals surface area contributed by atoms with Crippen molar-refractivity contribution in [1.29, 1.82) is 0 Å². The lowest BCUT2D eigenvalue weighted by atomic mass is 9.93. The maximum Gasteiger partial charge on any atom is 0.417 e. The summed E-state index contributed by atoms with van der Waals surface area (Å²) in [6.07, 6.45) is -1.33. The van der Waals surface area contributed by atoms with Gasteiger partial charge in [0.25, 0.3) is 0 Å². The number of hydrogen-bond donors (Lipinski definition) is 0. The van der Waals surface area contributed by atoms with Gasteiger partial charge in [0.15, 0.2) is 11.6 Å². The largest absolute Gasteiger partial charge is 0.417 e. The van der Waals surface area contributed by atoms with Crippen LogP contribution in [-0.2, 0) is 17.4 Å². The molecular weight excluding hydrogens is 386 g/mol. The summed E-state index contributed by atoms with van der Waals surface area (Å²) in [6.45, 7) is 1.62. The first kappa shape index (κ1) is 19.7. The number of anilines is 2. The van der Waals surface area contributed by atoms with E-state index in [-0.39, 0.29) is 17.6 Å². The number of benzene rings is 1. The molecule has 0 saturated carbocycles. The van der Waals surface area contributed by atoms with E-state index in [0.717, 1.165) is 12.1 Å². The van der Waals surface area contributed by atoms with E-state index in [0.29, 0.717) is 51.2 Å². The predicted octanol–water partition coefficient (Wildman–Crippen LogP) is 4.44. The molecule has 2 aromatic rings. The molecule has 0 atom stereocenters. The van der Waals surface area contributed by atoms with Crippen molar-refractivity contribution >= 4 is 17.4 Å². The van der Waals surface area contributed by atoms with E-state index in [9.17, 15) is 22.4 Å². The number of fused-ring (bicyclic) bond motifs is 1. The molecule has 29 heavy (non-hydrogen) atoms. The van der Waals surface area contributed by atoms with Crippen LogP contribution in [-0.4, -0.2) is 30.5 Å². The van der Waals surface area contributed by atoms with E-state index in [1.807, 2.05) is 29.2 Å². The molecule has 3 heterocycles. The number of halogens is 4. The fourth-order valence-corrected chi connectivity index (χ4v) is 4.12. The van der Waals surface area contributed by atoms with Crippen molar-refractivity contribution in [2.45, 2.75) is 31.9 Å².